The molecule has 3 unspecified atom stereocenters. The molecule has 14 heteroatoms. The topological polar surface area (TPSA) is 100 Å². The Bertz CT molecular complexity index is 1340. The Kier molecular flexibility index (Phi) is 6.43. The number of likely N-dealkylation sites (tertiary alicyclic amines) is 1. The summed E-state index contributed by atoms with van der Waals surface area (Å²) in [5, 5.41) is 13.4. The van der Waals surface area contributed by atoms with Gasteiger partial charge in [0.25, 0.3) is 0 Å². The Morgan fingerprint density at radius 1 is 0.947 bits per heavy atom. The molecule has 1 saturated heterocycles. The third kappa shape index (κ3) is 5.24. The Hall–Kier alpha value is -3.84. The molecule has 0 radical (unpaired) electrons. The molecule has 2 heterocycles. The zero-order chi connectivity index (χ0) is 27.2. The van der Waals surface area contributed by atoms with Gasteiger partial charge in [0.2, 0.25) is 5.91 Å². The lowest BCUT2D eigenvalue weighted by Crippen LogP contribution is -2.44. The molecule has 1 aromatic heterocycles. The van der Waals surface area contributed by atoms with E-state index < -0.39 is 41.7 Å². The van der Waals surface area contributed by atoms with Gasteiger partial charge in [-0.1, -0.05) is 6.07 Å². The van der Waals surface area contributed by atoms with E-state index in [1.54, 1.807) is 12.1 Å². The molecule has 2 fully saturated rings. The van der Waals surface area contributed by atoms with E-state index in [1.807, 2.05) is 6.07 Å². The molecule has 1 aliphatic carbocycles. The number of aromatic nitrogens is 3. The summed E-state index contributed by atoms with van der Waals surface area (Å²) in [5.41, 5.74) is -1.16. The fourth-order valence-corrected chi connectivity index (χ4v) is 5.14. The normalized spacial score (nSPS) is 21.2. The van der Waals surface area contributed by atoms with Crippen LogP contribution in [0.4, 0.5) is 31.1 Å². The molecule has 8 nitrogen and oxygen atoms in total. The number of amides is 2. The maximum atomic E-state index is 13.1. The van der Waals surface area contributed by atoms with Crippen LogP contribution in [-0.4, -0.2) is 44.9 Å². The summed E-state index contributed by atoms with van der Waals surface area (Å²) in [5.74, 6) is -0.608. The third-order valence-electron chi connectivity index (χ3n) is 6.97. The first-order chi connectivity index (χ1) is 17.9. The number of carbonyl (C=O) groups excluding carboxylic acids is 2. The number of H-pyrrole nitrogens is 1. The molecule has 0 spiro atoms. The lowest BCUT2D eigenvalue weighted by molar-refractivity contribution is -0.143. The first-order valence-corrected chi connectivity index (χ1v) is 11.7. The van der Waals surface area contributed by atoms with Crippen LogP contribution in [-0.2, 0) is 35.0 Å². The minimum atomic E-state index is -4.99. The van der Waals surface area contributed by atoms with Gasteiger partial charge in [0.15, 0.2) is 0 Å². The zero-order valence-corrected chi connectivity index (χ0v) is 19.6. The molecule has 2 N–H and O–H groups in total. The largest absolute Gasteiger partial charge is 0.445 e. The second-order valence-electron chi connectivity index (χ2n) is 9.48. The minimum absolute atomic E-state index is 0.0165. The van der Waals surface area contributed by atoms with Crippen molar-refractivity contribution in [2.24, 2.45) is 11.8 Å². The van der Waals surface area contributed by atoms with Gasteiger partial charge in [0.05, 0.1) is 11.1 Å². The molecule has 1 saturated carbocycles. The number of rotatable bonds is 5. The number of carbonyl (C=O) groups is 2. The number of ether oxygens (including phenoxy) is 1. The van der Waals surface area contributed by atoms with Crippen molar-refractivity contribution >= 4 is 23.0 Å². The van der Waals surface area contributed by atoms with Crippen LogP contribution in [0.2, 0.25) is 0 Å². The van der Waals surface area contributed by atoms with Gasteiger partial charge in [-0.15, -0.1) is 0 Å². The predicted octanol–water partition coefficient (Wildman–Crippen LogP) is 4.66. The van der Waals surface area contributed by atoms with E-state index in [1.165, 1.54) is 4.90 Å². The highest BCUT2D eigenvalue weighted by molar-refractivity contribution is 5.81. The van der Waals surface area contributed by atoms with Crippen LogP contribution in [0.5, 0.6) is 0 Å². The fourth-order valence-electron chi connectivity index (χ4n) is 5.14. The fraction of sp³-hybridized carbons (Fsp3) is 0.417. The van der Waals surface area contributed by atoms with Gasteiger partial charge in [-0.2, -0.15) is 41.8 Å². The summed E-state index contributed by atoms with van der Waals surface area (Å²) in [4.78, 5) is 26.7. The molecule has 2 aliphatic rings. The Balaban J connectivity index is 1.16. The summed E-state index contributed by atoms with van der Waals surface area (Å²) in [7, 11) is 0. The first-order valence-electron chi connectivity index (χ1n) is 11.7. The van der Waals surface area contributed by atoms with Gasteiger partial charge in [-0.3, -0.25) is 4.79 Å². The van der Waals surface area contributed by atoms with Gasteiger partial charge in [0.1, 0.15) is 17.6 Å². The van der Waals surface area contributed by atoms with Gasteiger partial charge >= 0.3 is 18.4 Å². The van der Waals surface area contributed by atoms with Crippen LogP contribution in [0.15, 0.2) is 36.4 Å². The maximum Gasteiger partial charge on any atom is 0.416 e. The Labute approximate surface area is 211 Å². The summed E-state index contributed by atoms with van der Waals surface area (Å²) in [6.45, 7) is -0.249. The number of hydrogen-bond donors (Lipinski definition) is 2. The summed E-state index contributed by atoms with van der Waals surface area (Å²) in [6, 6.07) is 6.18. The van der Waals surface area contributed by atoms with Crippen molar-refractivity contribution in [2.75, 3.05) is 6.54 Å². The highest BCUT2D eigenvalue weighted by Gasteiger charge is 2.49. The molecule has 5 rings (SSSR count). The van der Waals surface area contributed by atoms with E-state index in [9.17, 15) is 35.9 Å². The number of nitrogens with one attached hydrogen (secondary N) is 2. The SMILES string of the molecule is O=C(NCc1ccc2n[nH]nc2c1)C1CC2CC1CN2C(=O)OCc1cc(C(F)(F)F)cc(C(F)(F)F)c1. The highest BCUT2D eigenvalue weighted by atomic mass is 19.4. The van der Waals surface area contributed by atoms with Crippen molar-refractivity contribution < 1.29 is 40.7 Å². The highest BCUT2D eigenvalue weighted by Crippen LogP contribution is 2.43. The molecule has 2 bridgehead atoms. The molecule has 2 amide bonds. The molecule has 3 atom stereocenters. The second kappa shape index (κ2) is 9.48. The van der Waals surface area contributed by atoms with E-state index in [2.05, 4.69) is 20.7 Å². The molecule has 3 aromatic rings. The van der Waals surface area contributed by atoms with Crippen molar-refractivity contribution in [3.8, 4) is 0 Å². The number of aromatic amines is 1. The van der Waals surface area contributed by atoms with Crippen LogP contribution in [0.1, 0.15) is 35.1 Å². The van der Waals surface area contributed by atoms with E-state index in [4.69, 9.17) is 4.74 Å². The van der Waals surface area contributed by atoms with Crippen molar-refractivity contribution in [3.63, 3.8) is 0 Å². The van der Waals surface area contributed by atoms with Crippen LogP contribution in [0, 0.1) is 11.8 Å². The number of hydrogen-bond acceptors (Lipinski definition) is 5. The average Bonchev–Trinajstić information content (AvgIpc) is 3.60. The van der Waals surface area contributed by atoms with E-state index >= 15 is 0 Å². The quantitative estimate of drug-likeness (QED) is 0.458. The number of alkyl halides is 6. The smallest absolute Gasteiger partial charge is 0.416 e. The lowest BCUT2D eigenvalue weighted by atomic mass is 9.93. The molecule has 1 aliphatic heterocycles. The van der Waals surface area contributed by atoms with E-state index in [0.29, 0.717) is 36.0 Å². The third-order valence-corrected chi connectivity index (χ3v) is 6.97. The van der Waals surface area contributed by atoms with Gasteiger partial charge in [-0.25, -0.2) is 4.79 Å². The average molecular weight is 541 g/mol. The number of nitrogens with zero attached hydrogens (tertiary/aromatic N) is 3. The summed E-state index contributed by atoms with van der Waals surface area (Å²) >= 11 is 0. The van der Waals surface area contributed by atoms with E-state index in [-0.39, 0.29) is 42.9 Å². The van der Waals surface area contributed by atoms with Crippen LogP contribution < -0.4 is 5.32 Å². The number of halogens is 6. The Morgan fingerprint density at radius 3 is 2.26 bits per heavy atom. The van der Waals surface area contributed by atoms with Gasteiger partial charge in [-0.05, 0) is 60.2 Å². The first kappa shape index (κ1) is 25.8. The second-order valence-corrected chi connectivity index (χ2v) is 9.48. The summed E-state index contributed by atoms with van der Waals surface area (Å²) < 4.78 is 83.4. The van der Waals surface area contributed by atoms with Crippen molar-refractivity contribution in [2.45, 2.75) is 44.4 Å². The van der Waals surface area contributed by atoms with Gasteiger partial charge in [0, 0.05) is 25.0 Å². The van der Waals surface area contributed by atoms with Crippen LogP contribution in [0.3, 0.4) is 0 Å². The van der Waals surface area contributed by atoms with Crippen molar-refractivity contribution in [1.82, 2.24) is 25.6 Å². The van der Waals surface area contributed by atoms with Crippen molar-refractivity contribution in [1.29, 1.82) is 0 Å². The molecule has 2 aromatic carbocycles. The van der Waals surface area contributed by atoms with Crippen molar-refractivity contribution in [3.05, 3.63) is 58.7 Å². The number of fused-ring (bicyclic) bond motifs is 3. The lowest BCUT2D eigenvalue weighted by Gasteiger charge is -2.30. The standard InChI is InChI=1S/C24H21F6N5O3/c25-23(26,27)15-3-13(4-16(7-15)24(28,29)30)11-38-22(37)35-10-14-6-17(35)8-18(14)21(36)31-9-12-1-2-19-20(5-12)33-34-32-19/h1-5,7,14,17-18H,6,8-11H2,(H,31,36)(H,32,33,34). The predicted molar refractivity (Wildman–Crippen MR) is 119 cm³/mol. The zero-order valence-electron chi connectivity index (χ0n) is 19.6. The molecule has 202 valence electrons. The minimum Gasteiger partial charge on any atom is -0.445 e. The Morgan fingerprint density at radius 2 is 1.63 bits per heavy atom. The molecule has 38 heavy (non-hydrogen) atoms. The van der Waals surface area contributed by atoms with E-state index in [0.717, 1.165) is 5.56 Å². The molecular weight excluding hydrogens is 520 g/mol. The number of piperidine rings is 1. The molecular formula is C24H21F6N5O3. The maximum absolute atomic E-state index is 13.1. The van der Waals surface area contributed by atoms with Crippen LogP contribution >= 0.6 is 0 Å². The number of benzene rings is 2. The van der Waals surface area contributed by atoms with Gasteiger partial charge < -0.3 is 15.0 Å². The van der Waals surface area contributed by atoms with Crippen LogP contribution in [0.25, 0.3) is 11.0 Å². The monoisotopic (exact) mass is 541 g/mol. The summed E-state index contributed by atoms with van der Waals surface area (Å²) in [6.07, 6.45) is -9.89.